The maximum Gasteiger partial charge on any atom is 0.371 e. The normalized spacial score (nSPS) is 22.2. The van der Waals surface area contributed by atoms with Gasteiger partial charge in [0.25, 0.3) is 0 Å². The van der Waals surface area contributed by atoms with E-state index in [1.807, 2.05) is 0 Å². The van der Waals surface area contributed by atoms with Crippen LogP contribution in [-0.2, 0) is 6.54 Å². The van der Waals surface area contributed by atoms with E-state index in [0.717, 1.165) is 31.8 Å². The van der Waals surface area contributed by atoms with Gasteiger partial charge >= 0.3 is 5.97 Å². The number of likely N-dealkylation sites (N-methyl/N-ethyl adjacent to an activating group) is 1. The molecule has 0 saturated carbocycles. The summed E-state index contributed by atoms with van der Waals surface area (Å²) < 4.78 is 5.29. The second kappa shape index (κ2) is 5.54. The monoisotopic (exact) mass is 252 g/mol. The zero-order chi connectivity index (χ0) is 13.1. The number of carboxylic acid groups (broad SMARTS) is 1. The number of aromatic carboxylic acids is 1. The molecule has 1 aliphatic heterocycles. The fraction of sp³-hybridized carbons (Fsp3) is 0.615. The Labute approximate surface area is 107 Å². The second-order valence-corrected chi connectivity index (χ2v) is 4.85. The van der Waals surface area contributed by atoms with Crippen LogP contribution < -0.4 is 0 Å². The molecule has 1 fully saturated rings. The van der Waals surface area contributed by atoms with Crippen LogP contribution in [0.25, 0.3) is 0 Å². The highest BCUT2D eigenvalue weighted by Gasteiger charge is 2.23. The van der Waals surface area contributed by atoms with Crippen molar-refractivity contribution in [3.05, 3.63) is 23.7 Å². The van der Waals surface area contributed by atoms with Crippen LogP contribution in [0.15, 0.2) is 16.5 Å². The molecule has 100 valence electrons. The quantitative estimate of drug-likeness (QED) is 0.880. The molecule has 18 heavy (non-hydrogen) atoms. The van der Waals surface area contributed by atoms with Gasteiger partial charge < -0.3 is 14.4 Å². The third-order valence-electron chi connectivity index (χ3n) is 3.58. The fourth-order valence-corrected chi connectivity index (χ4v) is 2.39. The van der Waals surface area contributed by atoms with Crippen molar-refractivity contribution in [3.63, 3.8) is 0 Å². The van der Waals surface area contributed by atoms with Gasteiger partial charge in [0.2, 0.25) is 5.76 Å². The highest BCUT2D eigenvalue weighted by molar-refractivity contribution is 5.84. The van der Waals surface area contributed by atoms with E-state index in [2.05, 4.69) is 23.8 Å². The number of hydrogen-bond donors (Lipinski definition) is 1. The third-order valence-corrected chi connectivity index (χ3v) is 3.58. The Morgan fingerprint density at radius 2 is 2.28 bits per heavy atom. The van der Waals surface area contributed by atoms with Crippen molar-refractivity contribution in [1.82, 2.24) is 9.80 Å². The van der Waals surface area contributed by atoms with Crippen molar-refractivity contribution in [2.24, 2.45) is 0 Å². The van der Waals surface area contributed by atoms with E-state index in [9.17, 15) is 4.79 Å². The molecule has 0 amide bonds. The summed E-state index contributed by atoms with van der Waals surface area (Å²) in [5.74, 6) is -0.260. The van der Waals surface area contributed by atoms with Crippen LogP contribution in [0, 0.1) is 0 Å². The number of piperazine rings is 1. The number of carboxylic acids is 1. The molecule has 1 atom stereocenters. The Morgan fingerprint density at radius 3 is 2.89 bits per heavy atom. The minimum atomic E-state index is -1.01. The lowest BCUT2D eigenvalue weighted by atomic mass is 10.1. The molecule has 1 aliphatic rings. The van der Waals surface area contributed by atoms with Crippen LogP contribution in [-0.4, -0.2) is 53.6 Å². The molecule has 1 N–H and O–H groups in total. The van der Waals surface area contributed by atoms with E-state index >= 15 is 0 Å². The number of nitrogens with zero attached hydrogens (tertiary/aromatic N) is 2. The molecule has 1 unspecified atom stereocenters. The SMILES string of the molecule is CCC1CN(Cc2ccc(C(=O)O)o2)CCN1C. The largest absolute Gasteiger partial charge is 0.475 e. The van der Waals surface area contributed by atoms with Crippen LogP contribution in [0.3, 0.4) is 0 Å². The summed E-state index contributed by atoms with van der Waals surface area (Å²) in [7, 11) is 2.15. The molecule has 0 radical (unpaired) electrons. The van der Waals surface area contributed by atoms with E-state index in [4.69, 9.17) is 9.52 Å². The topological polar surface area (TPSA) is 56.9 Å². The molecule has 5 nitrogen and oxygen atoms in total. The summed E-state index contributed by atoms with van der Waals surface area (Å²) >= 11 is 0. The zero-order valence-corrected chi connectivity index (χ0v) is 10.9. The standard InChI is InChI=1S/C13H20N2O3/c1-3-10-8-15(7-6-14(10)2)9-11-4-5-12(18-11)13(16)17/h4-5,10H,3,6-9H2,1-2H3,(H,16,17). The highest BCUT2D eigenvalue weighted by Crippen LogP contribution is 2.15. The van der Waals surface area contributed by atoms with E-state index < -0.39 is 5.97 Å². The molecule has 2 rings (SSSR count). The Hall–Kier alpha value is -1.33. The highest BCUT2D eigenvalue weighted by atomic mass is 16.4. The van der Waals surface area contributed by atoms with Gasteiger partial charge in [0.1, 0.15) is 5.76 Å². The Kier molecular flexibility index (Phi) is 4.04. The van der Waals surface area contributed by atoms with Crippen LogP contribution in [0.5, 0.6) is 0 Å². The second-order valence-electron chi connectivity index (χ2n) is 4.85. The molecule has 1 aromatic rings. The third kappa shape index (κ3) is 2.91. The van der Waals surface area contributed by atoms with E-state index in [1.54, 1.807) is 6.07 Å². The summed E-state index contributed by atoms with van der Waals surface area (Å²) in [5, 5.41) is 8.80. The summed E-state index contributed by atoms with van der Waals surface area (Å²) in [4.78, 5) is 15.4. The van der Waals surface area contributed by atoms with Crippen molar-refractivity contribution in [2.45, 2.75) is 25.9 Å². The van der Waals surface area contributed by atoms with Crippen LogP contribution >= 0.6 is 0 Å². The number of carbonyl (C=O) groups is 1. The first-order valence-corrected chi connectivity index (χ1v) is 6.34. The van der Waals surface area contributed by atoms with E-state index in [0.29, 0.717) is 12.6 Å². The Balaban J connectivity index is 1.94. The summed E-state index contributed by atoms with van der Waals surface area (Å²) in [6.07, 6.45) is 1.13. The average Bonchev–Trinajstić information content (AvgIpc) is 2.80. The van der Waals surface area contributed by atoms with Crippen molar-refractivity contribution in [1.29, 1.82) is 0 Å². The predicted molar refractivity (Wildman–Crippen MR) is 67.7 cm³/mol. The molecular formula is C13H20N2O3. The summed E-state index contributed by atoms with van der Waals surface area (Å²) in [6.45, 7) is 5.94. The lowest BCUT2D eigenvalue weighted by Gasteiger charge is -2.38. The van der Waals surface area contributed by atoms with Gasteiger partial charge in [0.05, 0.1) is 6.54 Å². The lowest BCUT2D eigenvalue weighted by molar-refractivity contribution is 0.0648. The van der Waals surface area contributed by atoms with E-state index in [-0.39, 0.29) is 5.76 Å². The van der Waals surface area contributed by atoms with Gasteiger partial charge in [-0.15, -0.1) is 0 Å². The number of hydrogen-bond acceptors (Lipinski definition) is 4. The molecule has 5 heteroatoms. The van der Waals surface area contributed by atoms with Crippen molar-refractivity contribution in [2.75, 3.05) is 26.7 Å². The first-order chi connectivity index (χ1) is 8.60. The van der Waals surface area contributed by atoms with Gasteiger partial charge in [0, 0.05) is 25.7 Å². The first kappa shape index (κ1) is 13.1. The van der Waals surface area contributed by atoms with Crippen molar-refractivity contribution >= 4 is 5.97 Å². The summed E-state index contributed by atoms with van der Waals surface area (Å²) in [5.41, 5.74) is 0. The molecule has 0 bridgehead atoms. The minimum Gasteiger partial charge on any atom is -0.475 e. The van der Waals surface area contributed by atoms with Gasteiger partial charge in [-0.1, -0.05) is 6.92 Å². The fourth-order valence-electron chi connectivity index (χ4n) is 2.39. The maximum absolute atomic E-state index is 10.7. The average molecular weight is 252 g/mol. The van der Waals surface area contributed by atoms with Gasteiger partial charge in [-0.25, -0.2) is 4.79 Å². The van der Waals surface area contributed by atoms with Crippen molar-refractivity contribution < 1.29 is 14.3 Å². The molecular weight excluding hydrogens is 232 g/mol. The smallest absolute Gasteiger partial charge is 0.371 e. The number of rotatable bonds is 4. The molecule has 1 aromatic heterocycles. The van der Waals surface area contributed by atoms with E-state index in [1.165, 1.54) is 6.07 Å². The zero-order valence-electron chi connectivity index (χ0n) is 10.9. The molecule has 0 aliphatic carbocycles. The first-order valence-electron chi connectivity index (χ1n) is 6.34. The Bertz CT molecular complexity index is 416. The van der Waals surface area contributed by atoms with Crippen LogP contribution in [0.4, 0.5) is 0 Å². The molecule has 1 saturated heterocycles. The van der Waals surface area contributed by atoms with Crippen LogP contribution in [0.2, 0.25) is 0 Å². The lowest BCUT2D eigenvalue weighted by Crippen LogP contribution is -2.50. The van der Waals surface area contributed by atoms with Gasteiger partial charge in [0.15, 0.2) is 0 Å². The van der Waals surface area contributed by atoms with Gasteiger partial charge in [-0.3, -0.25) is 4.90 Å². The van der Waals surface area contributed by atoms with Gasteiger partial charge in [-0.2, -0.15) is 0 Å². The minimum absolute atomic E-state index is 0.0196. The number of furan rings is 1. The molecule has 2 heterocycles. The Morgan fingerprint density at radius 1 is 1.50 bits per heavy atom. The van der Waals surface area contributed by atoms with Gasteiger partial charge in [-0.05, 0) is 25.6 Å². The molecule has 0 spiro atoms. The maximum atomic E-state index is 10.7. The predicted octanol–water partition coefficient (Wildman–Crippen LogP) is 1.50. The molecule has 0 aromatic carbocycles. The van der Waals surface area contributed by atoms with Crippen LogP contribution in [0.1, 0.15) is 29.7 Å². The summed E-state index contributed by atoms with van der Waals surface area (Å²) in [6, 6.07) is 3.85. The van der Waals surface area contributed by atoms with Crippen molar-refractivity contribution in [3.8, 4) is 0 Å².